The number of hydrogen-bond donors (Lipinski definition) is 2. The van der Waals surface area contributed by atoms with Gasteiger partial charge in [0.15, 0.2) is 0 Å². The molecule has 0 heterocycles. The van der Waals surface area contributed by atoms with Gasteiger partial charge in [-0.2, -0.15) is 0 Å². The van der Waals surface area contributed by atoms with Crippen LogP contribution in [0.3, 0.4) is 0 Å². The molecule has 2 rings (SSSR count). The molecule has 1 fully saturated rings. The van der Waals surface area contributed by atoms with Crippen LogP contribution in [0.2, 0.25) is 0 Å². The Bertz CT molecular complexity index is 580. The highest BCUT2D eigenvalue weighted by Crippen LogP contribution is 2.36. The quantitative estimate of drug-likeness (QED) is 0.803. The van der Waals surface area contributed by atoms with Crippen LogP contribution in [0, 0.1) is 0 Å². The zero-order valence-corrected chi connectivity index (χ0v) is 13.0. The van der Waals surface area contributed by atoms with Crippen molar-refractivity contribution in [2.24, 2.45) is 0 Å². The van der Waals surface area contributed by atoms with Gasteiger partial charge in [0.1, 0.15) is 5.75 Å². The summed E-state index contributed by atoms with van der Waals surface area (Å²) in [6.45, 7) is 5.33. The molecule has 1 saturated carbocycles. The maximum Gasteiger partial charge on any atom is 0.241 e. The molecule has 1 aromatic rings. The number of ether oxygens (including phenoxy) is 1. The Morgan fingerprint density at radius 3 is 2.60 bits per heavy atom. The van der Waals surface area contributed by atoms with Crippen molar-refractivity contribution in [2.45, 2.75) is 43.7 Å². The first kappa shape index (κ1) is 15.3. The highest BCUT2D eigenvalue weighted by atomic mass is 32.2. The fraction of sp³-hybridized carbons (Fsp3) is 0.571. The summed E-state index contributed by atoms with van der Waals surface area (Å²) in [4.78, 5) is 0.291. The van der Waals surface area contributed by atoms with Gasteiger partial charge < -0.3 is 10.1 Å². The summed E-state index contributed by atoms with van der Waals surface area (Å²) < 4.78 is 32.7. The molecule has 20 heavy (non-hydrogen) atoms. The molecule has 0 unspecified atom stereocenters. The Morgan fingerprint density at radius 1 is 1.35 bits per heavy atom. The van der Waals surface area contributed by atoms with Crippen LogP contribution < -0.4 is 14.8 Å². The minimum atomic E-state index is -3.46. The fourth-order valence-corrected chi connectivity index (χ4v) is 3.51. The van der Waals surface area contributed by atoms with Crippen LogP contribution in [0.5, 0.6) is 5.75 Å². The van der Waals surface area contributed by atoms with Crippen LogP contribution in [-0.4, -0.2) is 27.6 Å². The van der Waals surface area contributed by atoms with Crippen molar-refractivity contribution >= 4 is 10.0 Å². The molecular weight excluding hydrogens is 276 g/mol. The van der Waals surface area contributed by atoms with Crippen LogP contribution in [0.15, 0.2) is 23.1 Å². The van der Waals surface area contributed by atoms with Crippen molar-refractivity contribution in [3.63, 3.8) is 0 Å². The predicted molar refractivity (Wildman–Crippen MR) is 78.3 cm³/mol. The van der Waals surface area contributed by atoms with Gasteiger partial charge in [-0.25, -0.2) is 13.1 Å². The zero-order chi connectivity index (χ0) is 14.8. The summed E-state index contributed by atoms with van der Waals surface area (Å²) in [7, 11) is -1.88. The molecule has 0 aromatic heterocycles. The van der Waals surface area contributed by atoms with Crippen molar-refractivity contribution in [2.75, 3.05) is 13.7 Å². The maximum absolute atomic E-state index is 12.3. The van der Waals surface area contributed by atoms with Crippen LogP contribution >= 0.6 is 0 Å². The number of hydrogen-bond acceptors (Lipinski definition) is 4. The number of sulfonamides is 1. The third-order valence-corrected chi connectivity index (χ3v) is 5.14. The van der Waals surface area contributed by atoms with Crippen LogP contribution in [0.1, 0.15) is 32.3 Å². The molecule has 112 valence electrons. The third kappa shape index (κ3) is 3.50. The molecule has 0 amide bonds. The van der Waals surface area contributed by atoms with E-state index in [9.17, 15) is 8.42 Å². The second kappa shape index (κ2) is 5.71. The highest BCUT2D eigenvalue weighted by Gasteiger charge is 2.41. The van der Waals surface area contributed by atoms with Crippen molar-refractivity contribution in [1.29, 1.82) is 0 Å². The minimum absolute atomic E-state index is 0.263. The SMILES string of the molecule is CCNCc1cc(S(=O)(=O)NC2(C)CC2)ccc1OC. The first-order chi connectivity index (χ1) is 9.40. The normalized spacial score (nSPS) is 16.9. The smallest absolute Gasteiger partial charge is 0.241 e. The number of nitrogens with one attached hydrogen (secondary N) is 2. The molecule has 0 aliphatic heterocycles. The van der Waals surface area contributed by atoms with Crippen molar-refractivity contribution in [3.05, 3.63) is 23.8 Å². The van der Waals surface area contributed by atoms with E-state index in [0.717, 1.165) is 24.9 Å². The first-order valence-electron chi connectivity index (χ1n) is 6.82. The average molecular weight is 298 g/mol. The first-order valence-corrected chi connectivity index (χ1v) is 8.30. The lowest BCUT2D eigenvalue weighted by molar-refractivity contribution is 0.407. The topological polar surface area (TPSA) is 67.4 Å². The van der Waals surface area contributed by atoms with E-state index in [4.69, 9.17) is 4.74 Å². The van der Waals surface area contributed by atoms with E-state index in [2.05, 4.69) is 10.0 Å². The van der Waals surface area contributed by atoms with Gasteiger partial charge in [-0.15, -0.1) is 0 Å². The molecule has 0 atom stereocenters. The lowest BCUT2D eigenvalue weighted by atomic mass is 10.2. The van der Waals surface area contributed by atoms with Gasteiger partial charge in [-0.3, -0.25) is 0 Å². The van der Waals surface area contributed by atoms with E-state index in [1.807, 2.05) is 13.8 Å². The van der Waals surface area contributed by atoms with Gasteiger partial charge in [-0.1, -0.05) is 6.92 Å². The van der Waals surface area contributed by atoms with E-state index < -0.39 is 10.0 Å². The highest BCUT2D eigenvalue weighted by molar-refractivity contribution is 7.89. The van der Waals surface area contributed by atoms with E-state index in [-0.39, 0.29) is 5.54 Å². The largest absolute Gasteiger partial charge is 0.496 e. The standard InChI is InChI=1S/C14H22N2O3S/c1-4-15-10-11-9-12(5-6-13(11)19-3)20(17,18)16-14(2)7-8-14/h5-6,9,15-16H,4,7-8,10H2,1-3H3. The zero-order valence-electron chi connectivity index (χ0n) is 12.2. The average Bonchev–Trinajstić information content (AvgIpc) is 3.12. The Hall–Kier alpha value is -1.11. The summed E-state index contributed by atoms with van der Waals surface area (Å²) in [5.74, 6) is 0.697. The summed E-state index contributed by atoms with van der Waals surface area (Å²) in [6.07, 6.45) is 1.79. The second-order valence-corrected chi connectivity index (χ2v) is 7.10. The van der Waals surface area contributed by atoms with Gasteiger partial charge in [0.25, 0.3) is 0 Å². The van der Waals surface area contributed by atoms with Crippen LogP contribution in [0.4, 0.5) is 0 Å². The molecule has 1 aliphatic rings. The lowest BCUT2D eigenvalue weighted by Crippen LogP contribution is -2.34. The van der Waals surface area contributed by atoms with Gasteiger partial charge >= 0.3 is 0 Å². The van der Waals surface area contributed by atoms with Crippen LogP contribution in [-0.2, 0) is 16.6 Å². The lowest BCUT2D eigenvalue weighted by Gasteiger charge is -2.15. The molecule has 0 saturated heterocycles. The number of methoxy groups -OCH3 is 1. The Balaban J connectivity index is 2.27. The molecule has 0 bridgehead atoms. The van der Waals surface area contributed by atoms with Gasteiger partial charge in [0.2, 0.25) is 10.0 Å². The molecule has 1 aromatic carbocycles. The molecule has 0 spiro atoms. The Labute approximate surface area is 120 Å². The van der Waals surface area contributed by atoms with E-state index in [1.165, 1.54) is 0 Å². The molecule has 6 heteroatoms. The molecule has 0 radical (unpaired) electrons. The molecular formula is C14H22N2O3S. The van der Waals surface area contributed by atoms with Crippen molar-refractivity contribution < 1.29 is 13.2 Å². The van der Waals surface area contributed by atoms with Gasteiger partial charge in [0.05, 0.1) is 12.0 Å². The summed E-state index contributed by atoms with van der Waals surface area (Å²) in [6, 6.07) is 4.97. The molecule has 2 N–H and O–H groups in total. The summed E-state index contributed by atoms with van der Waals surface area (Å²) >= 11 is 0. The monoisotopic (exact) mass is 298 g/mol. The van der Waals surface area contributed by atoms with Gasteiger partial charge in [0, 0.05) is 17.6 Å². The van der Waals surface area contributed by atoms with Gasteiger partial charge in [-0.05, 0) is 44.5 Å². The van der Waals surface area contributed by atoms with Crippen molar-refractivity contribution in [1.82, 2.24) is 10.0 Å². The number of rotatable bonds is 7. The molecule has 1 aliphatic carbocycles. The van der Waals surface area contributed by atoms with Crippen molar-refractivity contribution in [3.8, 4) is 5.75 Å². The predicted octanol–water partition coefficient (Wildman–Crippen LogP) is 1.64. The Kier molecular flexibility index (Phi) is 4.36. The summed E-state index contributed by atoms with van der Waals surface area (Å²) in [5, 5.41) is 3.18. The fourth-order valence-electron chi connectivity index (χ4n) is 1.99. The second-order valence-electron chi connectivity index (χ2n) is 5.42. The Morgan fingerprint density at radius 2 is 2.05 bits per heavy atom. The minimum Gasteiger partial charge on any atom is -0.496 e. The van der Waals surface area contributed by atoms with E-state index in [1.54, 1.807) is 25.3 Å². The summed E-state index contributed by atoms with van der Waals surface area (Å²) in [5.41, 5.74) is 0.582. The van der Waals surface area contributed by atoms with E-state index in [0.29, 0.717) is 17.2 Å². The van der Waals surface area contributed by atoms with E-state index >= 15 is 0 Å². The number of benzene rings is 1. The third-order valence-electron chi connectivity index (χ3n) is 3.51. The van der Waals surface area contributed by atoms with Crippen LogP contribution in [0.25, 0.3) is 0 Å². The maximum atomic E-state index is 12.3. The molecule has 5 nitrogen and oxygen atoms in total.